The van der Waals surface area contributed by atoms with Crippen LogP contribution in [0, 0.1) is 0 Å². The molecule has 0 N–H and O–H groups in total. The molecule has 1 rings (SSSR count). The zero-order valence-corrected chi connectivity index (χ0v) is 8.41. The lowest BCUT2D eigenvalue weighted by atomic mass is 10.2. The SMILES string of the molecule is [3H]C1C[C@@H](OC(C)=O)[C@@H](CI)O1. The minimum absolute atomic E-state index is 0.100. The molecular weight excluding hydrogens is 259 g/mol. The average Bonchev–Trinajstić information content (AvgIpc) is 2.29. The number of esters is 1. The van der Waals surface area contributed by atoms with Crippen LogP contribution in [0.15, 0.2) is 0 Å². The molecule has 0 aromatic carbocycles. The standard InChI is InChI=1S/C7H11IO3/c1-5(9)11-6-2-3-10-7(6)4-8/h6-7H,2-4H2,1H3/t6-,7-/m1/s1/i3T/t3?,6-,7-. The van der Waals surface area contributed by atoms with E-state index in [4.69, 9.17) is 10.8 Å². The molecule has 0 radical (unpaired) electrons. The van der Waals surface area contributed by atoms with Crippen molar-refractivity contribution in [3.63, 3.8) is 0 Å². The van der Waals surface area contributed by atoms with Gasteiger partial charge in [-0.25, -0.2) is 0 Å². The van der Waals surface area contributed by atoms with Crippen molar-refractivity contribution in [1.29, 1.82) is 0 Å². The highest BCUT2D eigenvalue weighted by atomic mass is 127. The van der Waals surface area contributed by atoms with Crippen LogP contribution in [0.1, 0.15) is 14.7 Å². The van der Waals surface area contributed by atoms with E-state index in [-0.39, 0.29) is 18.2 Å². The molecule has 0 saturated carbocycles. The largest absolute Gasteiger partial charge is 0.460 e. The van der Waals surface area contributed by atoms with E-state index in [1.165, 1.54) is 6.92 Å². The second-order valence-electron chi connectivity index (χ2n) is 2.38. The molecule has 0 aliphatic carbocycles. The van der Waals surface area contributed by atoms with Gasteiger partial charge >= 0.3 is 5.97 Å². The molecule has 4 heteroatoms. The monoisotopic (exact) mass is 272 g/mol. The number of carbonyl (C=O) groups excluding carboxylic acids is 1. The van der Waals surface area contributed by atoms with Gasteiger partial charge in [0, 0.05) is 17.8 Å². The second-order valence-corrected chi connectivity index (χ2v) is 3.26. The molecule has 3 atom stereocenters. The van der Waals surface area contributed by atoms with E-state index >= 15 is 0 Å². The quantitative estimate of drug-likeness (QED) is 0.429. The van der Waals surface area contributed by atoms with Crippen LogP contribution in [0.4, 0.5) is 0 Å². The Morgan fingerprint density at radius 1 is 2.00 bits per heavy atom. The van der Waals surface area contributed by atoms with E-state index in [1.54, 1.807) is 0 Å². The van der Waals surface area contributed by atoms with Crippen LogP contribution < -0.4 is 0 Å². The van der Waals surface area contributed by atoms with Crippen molar-refractivity contribution in [2.75, 3.05) is 11.0 Å². The van der Waals surface area contributed by atoms with Crippen molar-refractivity contribution < 1.29 is 15.6 Å². The van der Waals surface area contributed by atoms with Crippen molar-refractivity contribution >= 4 is 28.6 Å². The predicted octanol–water partition coefficient (Wildman–Crippen LogP) is 1.14. The number of hydrogen-bond donors (Lipinski definition) is 0. The van der Waals surface area contributed by atoms with Gasteiger partial charge in [0.05, 0.1) is 7.95 Å². The van der Waals surface area contributed by atoms with E-state index in [1.807, 2.05) is 0 Å². The Hall–Kier alpha value is 0.160. The maximum absolute atomic E-state index is 10.6. The molecule has 64 valence electrons. The van der Waals surface area contributed by atoms with Crippen LogP contribution in [-0.4, -0.2) is 29.2 Å². The van der Waals surface area contributed by atoms with E-state index in [0.29, 0.717) is 6.42 Å². The number of carbonyl (C=O) groups is 1. The van der Waals surface area contributed by atoms with Gasteiger partial charge in [-0.3, -0.25) is 4.79 Å². The summed E-state index contributed by atoms with van der Waals surface area (Å²) in [4.78, 5) is 10.6. The third kappa shape index (κ3) is 2.59. The first kappa shape index (κ1) is 7.79. The number of rotatable bonds is 2. The highest BCUT2D eigenvalue weighted by molar-refractivity contribution is 14.1. The third-order valence-corrected chi connectivity index (χ3v) is 2.35. The molecular formula is C7H11IO3. The number of hydrogen-bond acceptors (Lipinski definition) is 3. The van der Waals surface area contributed by atoms with Gasteiger partial charge in [0.25, 0.3) is 0 Å². The van der Waals surface area contributed by atoms with Crippen LogP contribution in [0.5, 0.6) is 0 Å². The Kier molecular flexibility index (Phi) is 3.01. The van der Waals surface area contributed by atoms with E-state index in [9.17, 15) is 4.79 Å². The van der Waals surface area contributed by atoms with Crippen molar-refractivity contribution in [1.82, 2.24) is 0 Å². The first-order valence-electron chi connectivity index (χ1n) is 4.02. The average molecular weight is 272 g/mol. The molecule has 1 saturated heterocycles. The summed E-state index contributed by atoms with van der Waals surface area (Å²) in [6.07, 6.45) is 0.173. The fourth-order valence-electron chi connectivity index (χ4n) is 0.986. The molecule has 0 amide bonds. The van der Waals surface area contributed by atoms with E-state index in [2.05, 4.69) is 22.6 Å². The van der Waals surface area contributed by atoms with Gasteiger partial charge in [-0.05, 0) is 0 Å². The fourth-order valence-corrected chi connectivity index (χ4v) is 1.76. The molecule has 1 aliphatic heterocycles. The Balaban J connectivity index is 2.46. The smallest absolute Gasteiger partial charge is 0.302 e. The van der Waals surface area contributed by atoms with Crippen molar-refractivity contribution in [3.8, 4) is 0 Å². The minimum atomic E-state index is -0.533. The molecule has 1 aliphatic rings. The summed E-state index contributed by atoms with van der Waals surface area (Å²) in [5, 5.41) is 0. The number of alkyl halides is 1. The van der Waals surface area contributed by atoms with Crippen molar-refractivity contribution in [3.05, 3.63) is 0 Å². The van der Waals surface area contributed by atoms with Gasteiger partial charge in [0.2, 0.25) is 0 Å². The lowest BCUT2D eigenvalue weighted by Gasteiger charge is -2.15. The lowest BCUT2D eigenvalue weighted by molar-refractivity contribution is -0.148. The summed E-state index contributed by atoms with van der Waals surface area (Å²) in [6.45, 7) is 0.843. The Labute approximate surface area is 81.0 Å². The molecule has 1 heterocycles. The van der Waals surface area contributed by atoms with E-state index < -0.39 is 6.58 Å². The number of halogens is 1. The van der Waals surface area contributed by atoms with Crippen molar-refractivity contribution in [2.24, 2.45) is 0 Å². The summed E-state index contributed by atoms with van der Waals surface area (Å²) >= 11 is 2.16. The zero-order chi connectivity index (χ0) is 9.14. The van der Waals surface area contributed by atoms with Gasteiger partial charge in [0.15, 0.2) is 0 Å². The maximum Gasteiger partial charge on any atom is 0.302 e. The summed E-state index contributed by atoms with van der Waals surface area (Å²) in [6, 6.07) is 0. The Morgan fingerprint density at radius 3 is 3.27 bits per heavy atom. The molecule has 0 aromatic heterocycles. The van der Waals surface area contributed by atoms with Crippen LogP contribution in [0.3, 0.4) is 0 Å². The maximum atomic E-state index is 10.6. The van der Waals surface area contributed by atoms with Gasteiger partial charge in [-0.2, -0.15) is 0 Å². The van der Waals surface area contributed by atoms with Crippen LogP contribution in [0.25, 0.3) is 0 Å². The molecule has 0 spiro atoms. The van der Waals surface area contributed by atoms with Gasteiger partial charge in [-0.1, -0.05) is 22.6 Å². The van der Waals surface area contributed by atoms with Crippen LogP contribution in [-0.2, 0) is 14.3 Å². The highest BCUT2D eigenvalue weighted by Gasteiger charge is 2.29. The third-order valence-electron chi connectivity index (χ3n) is 1.48. The minimum Gasteiger partial charge on any atom is -0.460 e. The summed E-state index contributed by atoms with van der Waals surface area (Å²) in [5.74, 6) is -0.299. The summed E-state index contributed by atoms with van der Waals surface area (Å²) in [5.41, 5.74) is 0. The first-order chi connectivity index (χ1) is 5.63. The Morgan fingerprint density at radius 2 is 2.73 bits per heavy atom. The molecule has 0 aromatic rings. The summed E-state index contributed by atoms with van der Waals surface area (Å²) < 4.78 is 18.3. The van der Waals surface area contributed by atoms with Crippen LogP contribution >= 0.6 is 22.6 Å². The van der Waals surface area contributed by atoms with Crippen molar-refractivity contribution in [2.45, 2.75) is 25.6 Å². The molecule has 1 fully saturated rings. The van der Waals surface area contributed by atoms with Gasteiger partial charge in [0.1, 0.15) is 12.2 Å². The van der Waals surface area contributed by atoms with Gasteiger partial charge in [-0.15, -0.1) is 0 Å². The van der Waals surface area contributed by atoms with E-state index in [0.717, 1.165) is 4.43 Å². The zero-order valence-electron chi connectivity index (χ0n) is 7.25. The summed E-state index contributed by atoms with van der Waals surface area (Å²) in [7, 11) is 0. The Bertz CT molecular complexity index is 176. The molecule has 3 nitrogen and oxygen atoms in total. The van der Waals surface area contributed by atoms with Crippen LogP contribution in [0.2, 0.25) is 0 Å². The molecule has 11 heavy (non-hydrogen) atoms. The predicted molar refractivity (Wildman–Crippen MR) is 48.8 cm³/mol. The first-order valence-corrected chi connectivity index (χ1v) is 4.97. The molecule has 0 bridgehead atoms. The highest BCUT2D eigenvalue weighted by Crippen LogP contribution is 2.18. The fraction of sp³-hybridized carbons (Fsp3) is 0.857. The second kappa shape index (κ2) is 4.25. The number of ether oxygens (including phenoxy) is 2. The normalized spacial score (nSPS) is 38.4. The molecule has 1 unspecified atom stereocenters. The van der Waals surface area contributed by atoms with Gasteiger partial charge < -0.3 is 9.47 Å². The lowest BCUT2D eigenvalue weighted by Crippen LogP contribution is -2.27. The topological polar surface area (TPSA) is 35.5 Å².